The average molecular weight is 199 g/mol. The van der Waals surface area contributed by atoms with Crippen molar-refractivity contribution in [2.45, 2.75) is 12.5 Å². The van der Waals surface area contributed by atoms with E-state index in [1.165, 1.54) is 7.11 Å². The highest BCUT2D eigenvalue weighted by molar-refractivity contribution is 5.89. The molecule has 3 rings (SSSR count). The van der Waals surface area contributed by atoms with Crippen molar-refractivity contribution < 1.29 is 19.4 Å². The number of fused-ring (bicyclic) bond motifs is 2. The standard InChI is InChI=1S/C9H13NO4/c1-14-9(13)7-4-2-5(7)8(12)10-6(4)3-11/h4-7,11H,2-3H2,1H3,(H,10,12)/t4-,5-,6+,7-/m0/s1. The third kappa shape index (κ3) is 1.12. The summed E-state index contributed by atoms with van der Waals surface area (Å²) in [5.41, 5.74) is 0. The van der Waals surface area contributed by atoms with Crippen LogP contribution in [0, 0.1) is 17.8 Å². The summed E-state index contributed by atoms with van der Waals surface area (Å²) in [6.07, 6.45) is 0.691. The van der Waals surface area contributed by atoms with E-state index in [4.69, 9.17) is 5.11 Å². The molecule has 0 aromatic heterocycles. The smallest absolute Gasteiger partial charge is 0.309 e. The van der Waals surface area contributed by atoms with Gasteiger partial charge >= 0.3 is 5.97 Å². The predicted molar refractivity (Wildman–Crippen MR) is 46.1 cm³/mol. The van der Waals surface area contributed by atoms with Crippen molar-refractivity contribution in [3.05, 3.63) is 0 Å². The van der Waals surface area contributed by atoms with Crippen LogP contribution in [0.4, 0.5) is 0 Å². The molecular formula is C9H13NO4. The number of esters is 1. The number of carbonyl (C=O) groups is 2. The second-order valence-corrected chi connectivity index (χ2v) is 3.85. The minimum atomic E-state index is -0.342. The van der Waals surface area contributed by atoms with Crippen molar-refractivity contribution in [3.8, 4) is 0 Å². The van der Waals surface area contributed by atoms with Crippen molar-refractivity contribution in [1.82, 2.24) is 5.32 Å². The second-order valence-electron chi connectivity index (χ2n) is 3.85. The van der Waals surface area contributed by atoms with Gasteiger partial charge in [0, 0.05) is 0 Å². The van der Waals surface area contributed by atoms with E-state index in [1.54, 1.807) is 0 Å². The zero-order valence-electron chi connectivity index (χ0n) is 7.90. The molecule has 2 heterocycles. The summed E-state index contributed by atoms with van der Waals surface area (Å²) in [6, 6.07) is -0.281. The number of ether oxygens (including phenoxy) is 1. The van der Waals surface area contributed by atoms with E-state index in [0.29, 0.717) is 6.42 Å². The molecule has 0 aromatic carbocycles. The molecule has 2 saturated heterocycles. The van der Waals surface area contributed by atoms with Crippen molar-refractivity contribution >= 4 is 11.9 Å². The van der Waals surface area contributed by atoms with Crippen LogP contribution in [0.1, 0.15) is 6.42 Å². The maximum absolute atomic E-state index is 11.4. The van der Waals surface area contributed by atoms with E-state index in [1.807, 2.05) is 0 Å². The van der Waals surface area contributed by atoms with Gasteiger partial charge in [-0.3, -0.25) is 9.59 Å². The van der Waals surface area contributed by atoms with Gasteiger partial charge in [0.1, 0.15) is 0 Å². The van der Waals surface area contributed by atoms with Gasteiger partial charge in [0.15, 0.2) is 0 Å². The Morgan fingerprint density at radius 1 is 1.71 bits per heavy atom. The molecule has 1 saturated carbocycles. The van der Waals surface area contributed by atoms with Crippen LogP contribution in [0.25, 0.3) is 0 Å². The molecule has 1 amide bonds. The highest BCUT2D eigenvalue weighted by Gasteiger charge is 2.57. The van der Waals surface area contributed by atoms with Crippen LogP contribution in [-0.4, -0.2) is 36.7 Å². The normalized spacial score (nSPS) is 39.7. The number of amides is 1. The Hall–Kier alpha value is -1.10. The number of carbonyl (C=O) groups excluding carboxylic acids is 2. The minimum Gasteiger partial charge on any atom is -0.469 e. The van der Waals surface area contributed by atoms with E-state index in [9.17, 15) is 9.59 Å². The largest absolute Gasteiger partial charge is 0.469 e. The van der Waals surface area contributed by atoms with Gasteiger partial charge in [0.25, 0.3) is 0 Å². The molecule has 3 aliphatic rings. The van der Waals surface area contributed by atoms with E-state index < -0.39 is 0 Å². The van der Waals surface area contributed by atoms with E-state index >= 15 is 0 Å². The zero-order valence-corrected chi connectivity index (χ0v) is 7.90. The maximum atomic E-state index is 11.4. The number of piperidine rings is 2. The van der Waals surface area contributed by atoms with Gasteiger partial charge in [0.2, 0.25) is 5.91 Å². The van der Waals surface area contributed by atoms with Crippen molar-refractivity contribution in [2.24, 2.45) is 17.8 Å². The number of nitrogens with one attached hydrogen (secondary N) is 1. The van der Waals surface area contributed by atoms with Crippen LogP contribution in [0.3, 0.4) is 0 Å². The fourth-order valence-electron chi connectivity index (χ4n) is 2.43. The quantitative estimate of drug-likeness (QED) is 0.554. The maximum Gasteiger partial charge on any atom is 0.309 e. The van der Waals surface area contributed by atoms with Crippen LogP contribution in [-0.2, 0) is 14.3 Å². The number of rotatable bonds is 2. The molecule has 2 N–H and O–H groups in total. The molecule has 14 heavy (non-hydrogen) atoms. The van der Waals surface area contributed by atoms with Gasteiger partial charge in [0.05, 0.1) is 31.6 Å². The van der Waals surface area contributed by atoms with Crippen LogP contribution >= 0.6 is 0 Å². The zero-order chi connectivity index (χ0) is 10.3. The van der Waals surface area contributed by atoms with Gasteiger partial charge in [-0.05, 0) is 12.3 Å². The van der Waals surface area contributed by atoms with Gasteiger partial charge in [-0.25, -0.2) is 0 Å². The molecule has 78 valence electrons. The molecule has 0 spiro atoms. The Kier molecular flexibility index (Phi) is 2.19. The SMILES string of the molecule is COC(=O)[C@H]1[C@H]2C[C@@H]1C(=O)N[C@@H]2CO. The van der Waals surface area contributed by atoms with Crippen LogP contribution in [0.15, 0.2) is 0 Å². The van der Waals surface area contributed by atoms with Crippen LogP contribution < -0.4 is 5.32 Å². The Morgan fingerprint density at radius 2 is 2.43 bits per heavy atom. The fraction of sp³-hybridized carbons (Fsp3) is 0.778. The predicted octanol–water partition coefficient (Wildman–Crippen LogP) is -1.10. The first-order valence-electron chi connectivity index (χ1n) is 4.68. The summed E-state index contributed by atoms with van der Waals surface area (Å²) in [4.78, 5) is 22.7. The Bertz CT molecular complexity index is 276. The van der Waals surface area contributed by atoms with Crippen molar-refractivity contribution in [2.75, 3.05) is 13.7 Å². The first kappa shape index (κ1) is 9.45. The number of hydrogen-bond donors (Lipinski definition) is 2. The molecule has 0 radical (unpaired) electrons. The summed E-state index contributed by atoms with van der Waals surface area (Å²) < 4.78 is 4.63. The van der Waals surface area contributed by atoms with Gasteiger partial charge in [-0.15, -0.1) is 0 Å². The number of methoxy groups -OCH3 is 1. The summed E-state index contributed by atoms with van der Waals surface area (Å²) >= 11 is 0. The summed E-state index contributed by atoms with van der Waals surface area (Å²) in [5, 5.41) is 11.7. The van der Waals surface area contributed by atoms with Crippen LogP contribution in [0.2, 0.25) is 0 Å². The molecule has 2 aliphatic heterocycles. The molecule has 1 aliphatic carbocycles. The number of aliphatic hydroxyl groups is 1. The Labute approximate surface area is 81.4 Å². The van der Waals surface area contributed by atoms with E-state index in [-0.39, 0.29) is 42.3 Å². The summed E-state index contributed by atoms with van der Waals surface area (Å²) in [5.74, 6) is -1.00. The summed E-state index contributed by atoms with van der Waals surface area (Å²) in [7, 11) is 1.32. The van der Waals surface area contributed by atoms with E-state index in [2.05, 4.69) is 10.1 Å². The molecular weight excluding hydrogens is 186 g/mol. The van der Waals surface area contributed by atoms with Crippen molar-refractivity contribution in [1.29, 1.82) is 0 Å². The third-order valence-electron chi connectivity index (χ3n) is 3.27. The average Bonchev–Trinajstić information content (AvgIpc) is 2.15. The topological polar surface area (TPSA) is 75.6 Å². The number of aliphatic hydroxyl groups excluding tert-OH is 1. The molecule has 3 fully saturated rings. The Balaban J connectivity index is 2.14. The first-order chi connectivity index (χ1) is 6.69. The lowest BCUT2D eigenvalue weighted by Crippen LogP contribution is -2.65. The lowest BCUT2D eigenvalue weighted by Gasteiger charge is -2.50. The Morgan fingerprint density at radius 3 is 2.93 bits per heavy atom. The highest BCUT2D eigenvalue weighted by atomic mass is 16.5. The van der Waals surface area contributed by atoms with Crippen LogP contribution in [0.5, 0.6) is 0 Å². The highest BCUT2D eigenvalue weighted by Crippen LogP contribution is 2.46. The first-order valence-corrected chi connectivity index (χ1v) is 4.68. The lowest BCUT2D eigenvalue weighted by atomic mass is 9.58. The van der Waals surface area contributed by atoms with Crippen molar-refractivity contribution in [3.63, 3.8) is 0 Å². The molecule has 4 atom stereocenters. The molecule has 5 heteroatoms. The third-order valence-corrected chi connectivity index (χ3v) is 3.27. The van der Waals surface area contributed by atoms with E-state index in [0.717, 1.165) is 0 Å². The van der Waals surface area contributed by atoms with Gasteiger partial charge < -0.3 is 15.2 Å². The lowest BCUT2D eigenvalue weighted by molar-refractivity contribution is -0.170. The molecule has 2 bridgehead atoms. The molecule has 0 aromatic rings. The fourth-order valence-corrected chi connectivity index (χ4v) is 2.43. The summed E-state index contributed by atoms with van der Waals surface area (Å²) in [6.45, 7) is -0.114. The molecule has 5 nitrogen and oxygen atoms in total. The minimum absolute atomic E-state index is 0.0511. The second kappa shape index (κ2) is 3.24. The monoisotopic (exact) mass is 199 g/mol. The molecule has 0 unspecified atom stereocenters. The number of hydrogen-bond acceptors (Lipinski definition) is 4. The van der Waals surface area contributed by atoms with Gasteiger partial charge in [-0.2, -0.15) is 0 Å². The van der Waals surface area contributed by atoms with Gasteiger partial charge in [-0.1, -0.05) is 0 Å².